The van der Waals surface area contributed by atoms with Gasteiger partial charge in [-0.05, 0) is 59.0 Å². The highest BCUT2D eigenvalue weighted by Crippen LogP contribution is 2.48. The van der Waals surface area contributed by atoms with Crippen molar-refractivity contribution in [3.63, 3.8) is 0 Å². The number of ether oxygens (including phenoxy) is 1. The Labute approximate surface area is 217 Å². The minimum atomic E-state index is -1.13. The maximum Gasteiger partial charge on any atom is 0.197 e. The molecule has 1 aliphatic heterocycles. The third-order valence-corrected chi connectivity index (χ3v) is 9.46. The molecule has 2 aromatic rings. The summed E-state index contributed by atoms with van der Waals surface area (Å²) in [6.07, 6.45) is 5.41. The fourth-order valence-corrected chi connectivity index (χ4v) is 6.27. The summed E-state index contributed by atoms with van der Waals surface area (Å²) in [7, 11) is 0.439. The van der Waals surface area contributed by atoms with Crippen LogP contribution in [0, 0.1) is 11.3 Å². The first kappa shape index (κ1) is 27.3. The molecule has 5 atom stereocenters. The van der Waals surface area contributed by atoms with E-state index in [4.69, 9.17) is 9.16 Å². The van der Waals surface area contributed by atoms with Crippen molar-refractivity contribution >= 4 is 32.2 Å². The van der Waals surface area contributed by atoms with E-state index >= 15 is 0 Å². The van der Waals surface area contributed by atoms with E-state index in [0.29, 0.717) is 28.2 Å². The first-order valence-corrected chi connectivity index (χ1v) is 14.2. The number of Topliss-reactive ketones (excluding diaryl/α,β-unsaturated/α-hetero) is 1. The van der Waals surface area contributed by atoms with E-state index in [2.05, 4.69) is 50.5 Å². The van der Waals surface area contributed by atoms with Crippen molar-refractivity contribution in [1.82, 2.24) is 0 Å². The predicted molar refractivity (Wildman–Crippen MR) is 147 cm³/mol. The van der Waals surface area contributed by atoms with Crippen LogP contribution in [0.15, 0.2) is 60.7 Å². The van der Waals surface area contributed by atoms with Crippen LogP contribution in [0.2, 0.25) is 0 Å². The topological polar surface area (TPSA) is 38.8 Å². The van der Waals surface area contributed by atoms with Crippen molar-refractivity contribution in [2.24, 2.45) is 11.3 Å². The van der Waals surface area contributed by atoms with Gasteiger partial charge in [0.2, 0.25) is 0 Å². The molecule has 2 aromatic carbocycles. The second-order valence-corrected chi connectivity index (χ2v) is 12.9. The lowest BCUT2D eigenvalue weighted by molar-refractivity contribution is -0.129. The summed E-state index contributed by atoms with van der Waals surface area (Å²) in [6, 6.07) is 19.8. The predicted octanol–water partition coefficient (Wildman–Crippen LogP) is 6.67. The maximum atomic E-state index is 14.0. The number of epoxide rings is 1. The molecular weight excluding hydrogens is 504 g/mol. The number of hydrogen-bond donors (Lipinski definition) is 0. The lowest BCUT2D eigenvalue weighted by Gasteiger charge is -2.30. The lowest BCUT2D eigenvalue weighted by atomic mass is 9.81. The summed E-state index contributed by atoms with van der Waals surface area (Å²) in [6.45, 7) is 11.5. The number of halogens is 1. The Hall–Kier alpha value is -1.27. The van der Waals surface area contributed by atoms with Crippen molar-refractivity contribution in [1.29, 1.82) is 0 Å². The molecule has 1 aliphatic rings. The van der Waals surface area contributed by atoms with E-state index in [-0.39, 0.29) is 23.4 Å². The Morgan fingerprint density at radius 2 is 1.71 bits per heavy atom. The Morgan fingerprint density at radius 3 is 2.26 bits per heavy atom. The average Bonchev–Trinajstić information content (AvgIpc) is 3.45. The number of carbonyl (C=O) groups is 1. The van der Waals surface area contributed by atoms with E-state index in [1.54, 1.807) is 0 Å². The van der Waals surface area contributed by atoms with E-state index < -0.39 is 4.51 Å². The molecule has 5 heteroatoms. The molecule has 0 N–H and O–H groups in total. The normalized spacial score (nSPS) is 23.8. The van der Waals surface area contributed by atoms with Crippen molar-refractivity contribution < 1.29 is 14.0 Å². The van der Waals surface area contributed by atoms with Gasteiger partial charge in [0.15, 0.2) is 10.3 Å². The van der Waals surface area contributed by atoms with Crippen LogP contribution >= 0.6 is 15.9 Å². The van der Waals surface area contributed by atoms with Crippen LogP contribution in [0.1, 0.15) is 83.8 Å². The zero-order chi connectivity index (χ0) is 25.0. The summed E-state index contributed by atoms with van der Waals surface area (Å²) < 4.78 is 11.0. The zero-order valence-electron chi connectivity index (χ0n) is 21.6. The molecule has 3 nitrogen and oxygen atoms in total. The largest absolute Gasteiger partial charge is 0.404 e. The summed E-state index contributed by atoms with van der Waals surface area (Å²) in [4.78, 5) is 14.0. The van der Waals surface area contributed by atoms with Crippen LogP contribution in [0.5, 0.6) is 0 Å². The van der Waals surface area contributed by atoms with Crippen molar-refractivity contribution in [3.05, 3.63) is 71.8 Å². The molecule has 186 valence electrons. The minimum Gasteiger partial charge on any atom is -0.404 e. The van der Waals surface area contributed by atoms with Crippen molar-refractivity contribution in [2.45, 2.75) is 88.9 Å². The third-order valence-electron chi connectivity index (χ3n) is 7.08. The zero-order valence-corrected chi connectivity index (χ0v) is 25.2. The number of carbonyl (C=O) groups excluding carboxylic acids is 1. The van der Waals surface area contributed by atoms with Crippen LogP contribution < -0.4 is 0 Å². The van der Waals surface area contributed by atoms with Gasteiger partial charge < -0.3 is 9.16 Å². The molecule has 0 aliphatic carbocycles. The maximum absolute atomic E-state index is 14.0. The third kappa shape index (κ3) is 6.90. The van der Waals surface area contributed by atoms with Gasteiger partial charge in [-0.1, -0.05) is 101 Å². The van der Waals surface area contributed by atoms with Crippen molar-refractivity contribution in [2.75, 3.05) is 0 Å². The Kier molecular flexibility index (Phi) is 8.99. The van der Waals surface area contributed by atoms with Gasteiger partial charge in [-0.2, -0.15) is 0 Å². The van der Waals surface area contributed by atoms with Gasteiger partial charge >= 0.3 is 0 Å². The van der Waals surface area contributed by atoms with Gasteiger partial charge in [-0.15, -0.1) is 0 Å². The second kappa shape index (κ2) is 11.2. The summed E-state index contributed by atoms with van der Waals surface area (Å²) >= 11 is 3.70. The molecule has 0 radical (unpaired) electrons. The van der Waals surface area contributed by atoms with Crippen LogP contribution in [-0.4, -0.2) is 28.0 Å². The highest BCUT2D eigenvalue weighted by atomic mass is 79.9. The van der Waals surface area contributed by atoms with E-state index in [1.165, 1.54) is 12.8 Å². The molecule has 5 unspecified atom stereocenters. The number of rotatable bonds is 12. The summed E-state index contributed by atoms with van der Waals surface area (Å²) in [5.41, 5.74) is 2.08. The van der Waals surface area contributed by atoms with Gasteiger partial charge in [-0.3, -0.25) is 4.79 Å². The van der Waals surface area contributed by atoms with Crippen molar-refractivity contribution in [3.8, 4) is 0 Å². The molecule has 0 amide bonds. The molecule has 0 spiro atoms. The summed E-state index contributed by atoms with van der Waals surface area (Å²) in [5, 5.41) is 0. The average molecular weight is 546 g/mol. The Morgan fingerprint density at radius 1 is 1.12 bits per heavy atom. The Balaban J connectivity index is 1.71. The van der Waals surface area contributed by atoms with Crippen LogP contribution in [-0.2, 0) is 18.5 Å². The number of benzene rings is 2. The molecule has 1 fully saturated rings. The first-order chi connectivity index (χ1) is 16.0. The van der Waals surface area contributed by atoms with Gasteiger partial charge in [0.25, 0.3) is 0 Å². The standard InChI is InChI=1S/C29H41BrO3Si/c1-21(20-27(2,3)4)13-12-18-28(5)25(32-28)19-24(22-14-8-6-9-15-22)26(31)29(30,33-34)23-16-10-7-11-17-23/h6-11,14-17,21,24-25H,12-13,18-20H2,1-5,34H3. The highest BCUT2D eigenvalue weighted by Gasteiger charge is 2.54. The SMILES string of the molecule is CC(CCCC1(C)OC1CC(C(=O)C(Br)(O[SiH3])c1ccccc1)c1ccccc1)CC(C)(C)C. The van der Waals surface area contributed by atoms with E-state index in [0.717, 1.165) is 24.0 Å². The molecule has 3 rings (SSSR count). The minimum absolute atomic E-state index is 0.0385. The van der Waals surface area contributed by atoms with Crippen LogP contribution in [0.3, 0.4) is 0 Å². The fourth-order valence-electron chi connectivity index (χ4n) is 5.29. The Bertz CT molecular complexity index is 929. The van der Waals surface area contributed by atoms with Gasteiger partial charge in [0, 0.05) is 11.5 Å². The molecular formula is C29H41BrO3Si. The fraction of sp³-hybridized carbons (Fsp3) is 0.552. The molecule has 34 heavy (non-hydrogen) atoms. The monoisotopic (exact) mass is 544 g/mol. The highest BCUT2D eigenvalue weighted by molar-refractivity contribution is 9.10. The molecule has 1 heterocycles. The number of alkyl halides is 1. The first-order valence-electron chi connectivity index (χ1n) is 12.6. The van der Waals surface area contributed by atoms with E-state index in [9.17, 15) is 4.79 Å². The molecule has 0 aromatic heterocycles. The smallest absolute Gasteiger partial charge is 0.197 e. The van der Waals surface area contributed by atoms with Gasteiger partial charge in [0.05, 0.1) is 11.7 Å². The van der Waals surface area contributed by atoms with Gasteiger partial charge in [-0.25, -0.2) is 0 Å². The second-order valence-electron chi connectivity index (χ2n) is 11.4. The molecule has 0 bridgehead atoms. The quantitative estimate of drug-likeness (QED) is 0.170. The molecule has 0 saturated carbocycles. The summed E-state index contributed by atoms with van der Waals surface area (Å²) in [5.74, 6) is 0.447. The van der Waals surface area contributed by atoms with Crippen LogP contribution in [0.25, 0.3) is 0 Å². The number of hydrogen-bond acceptors (Lipinski definition) is 3. The van der Waals surface area contributed by atoms with Crippen LogP contribution in [0.4, 0.5) is 0 Å². The lowest BCUT2D eigenvalue weighted by Crippen LogP contribution is -2.37. The number of ketones is 1. The molecule has 1 saturated heterocycles. The van der Waals surface area contributed by atoms with E-state index in [1.807, 2.05) is 60.7 Å². The van der Waals surface area contributed by atoms with Gasteiger partial charge in [0.1, 0.15) is 10.5 Å².